The zero-order chi connectivity index (χ0) is 40.4. The highest BCUT2D eigenvalue weighted by molar-refractivity contribution is 6.31. The number of piperazine rings is 1. The molecule has 298 valence electrons. The Labute approximate surface area is 334 Å². The van der Waals surface area contributed by atoms with Crippen LogP contribution in [0, 0.1) is 0 Å². The van der Waals surface area contributed by atoms with Gasteiger partial charge in [0.2, 0.25) is 18.6 Å². The predicted molar refractivity (Wildman–Crippen MR) is 210 cm³/mol. The number of likely N-dealkylation sites (N-methyl/N-ethyl adjacent to an activating group) is 1. The number of nitrogens with one attached hydrogen (secondary N) is 2. The zero-order valence-electron chi connectivity index (χ0n) is 32.1. The van der Waals surface area contributed by atoms with Gasteiger partial charge in [-0.1, -0.05) is 54.1 Å². The molecule has 5 heterocycles. The van der Waals surface area contributed by atoms with Crippen LogP contribution in [0.1, 0.15) is 48.2 Å². The van der Waals surface area contributed by atoms with Gasteiger partial charge in [-0.3, -0.25) is 9.59 Å². The average Bonchev–Trinajstić information content (AvgIpc) is 3.84. The lowest BCUT2D eigenvalue weighted by atomic mass is 9.80. The maximum Gasteiger partial charge on any atom is 0.336 e. The summed E-state index contributed by atoms with van der Waals surface area (Å²) in [7, 11) is 2.98. The molecule has 0 spiro atoms. The molecule has 4 aliphatic heterocycles. The molecule has 0 radical (unpaired) electrons. The number of amides is 2. The molecule has 8 rings (SSSR count). The number of ether oxygens (including phenoxy) is 5. The molecule has 1 saturated heterocycles. The zero-order valence-corrected chi connectivity index (χ0v) is 32.8. The Morgan fingerprint density at radius 3 is 2.51 bits per heavy atom. The standard InChI is InChI=1S/C22H19N3O4.C20H25ClN2O5/c1-24-10-19(26)25-16(22(24)27)9-14-13-4-2-3-5-15(13)23-20(14)21(25)12-6-7-17-18(8-12)29-11-28-17;1-4-28-20(25)18-15(11-27-10-9-22)23-12(2)16(19(24)26-3)17(18)13-7-5-6-8-14(13)21/h2-8,16,21,23H,9-11H2,1H3;5-8,17,23H,4,9-11,22H2,1-3H3/t16-,21-;/m1./s1. The summed E-state index contributed by atoms with van der Waals surface area (Å²) in [5, 5.41) is 4.62. The maximum atomic E-state index is 13.1. The largest absolute Gasteiger partial charge is 0.466 e. The van der Waals surface area contributed by atoms with Crippen LogP contribution in [0.5, 0.6) is 11.5 Å². The van der Waals surface area contributed by atoms with E-state index in [1.165, 1.54) is 12.0 Å². The highest BCUT2D eigenvalue weighted by Crippen LogP contribution is 2.45. The number of rotatable bonds is 9. The van der Waals surface area contributed by atoms with Crippen molar-refractivity contribution < 1.29 is 42.9 Å². The number of hydrogen-bond donors (Lipinski definition) is 3. The summed E-state index contributed by atoms with van der Waals surface area (Å²) in [6, 6.07) is 20.0. The second kappa shape index (κ2) is 16.7. The van der Waals surface area contributed by atoms with E-state index >= 15 is 0 Å². The number of halogens is 1. The van der Waals surface area contributed by atoms with Crippen LogP contribution in [0.4, 0.5) is 0 Å². The number of carbonyl (C=O) groups excluding carboxylic acids is 4. The van der Waals surface area contributed by atoms with Gasteiger partial charge in [-0.2, -0.15) is 0 Å². The normalized spacial score (nSPS) is 19.8. The van der Waals surface area contributed by atoms with Crippen LogP contribution in [0.15, 0.2) is 89.3 Å². The van der Waals surface area contributed by atoms with Crippen molar-refractivity contribution in [1.29, 1.82) is 0 Å². The third kappa shape index (κ3) is 7.43. The van der Waals surface area contributed by atoms with E-state index in [2.05, 4.69) is 16.4 Å². The lowest BCUT2D eigenvalue weighted by Crippen LogP contribution is -2.62. The highest BCUT2D eigenvalue weighted by atomic mass is 35.5. The third-order valence-corrected chi connectivity index (χ3v) is 10.8. The molecular formula is C42H44ClN5O9. The molecule has 4 N–H and O–H groups in total. The van der Waals surface area contributed by atoms with Crippen LogP contribution < -0.4 is 20.5 Å². The van der Waals surface area contributed by atoms with E-state index in [1.54, 1.807) is 50.1 Å². The van der Waals surface area contributed by atoms with Gasteiger partial charge in [0.1, 0.15) is 6.04 Å². The Balaban J connectivity index is 0.000000174. The van der Waals surface area contributed by atoms with Crippen LogP contribution in [0.2, 0.25) is 5.02 Å². The molecule has 1 aromatic heterocycles. The molecule has 0 aliphatic carbocycles. The third-order valence-electron chi connectivity index (χ3n) is 10.4. The quantitative estimate of drug-likeness (QED) is 0.161. The minimum absolute atomic E-state index is 0.0220. The molecule has 2 amide bonds. The van der Waals surface area contributed by atoms with Crippen molar-refractivity contribution in [3.8, 4) is 11.5 Å². The number of dihydropyridines is 1. The van der Waals surface area contributed by atoms with E-state index in [0.717, 1.165) is 27.7 Å². The fourth-order valence-electron chi connectivity index (χ4n) is 7.95. The number of esters is 2. The molecular weight excluding hydrogens is 754 g/mol. The molecule has 0 saturated carbocycles. The Morgan fingerprint density at radius 1 is 1.00 bits per heavy atom. The molecule has 3 aromatic carbocycles. The number of H-pyrrole nitrogens is 1. The van der Waals surface area contributed by atoms with Crippen molar-refractivity contribution in [2.75, 3.05) is 53.9 Å². The molecule has 4 aromatic rings. The van der Waals surface area contributed by atoms with Gasteiger partial charge in [0, 0.05) is 47.3 Å². The van der Waals surface area contributed by atoms with Crippen LogP contribution in [-0.4, -0.2) is 98.4 Å². The van der Waals surface area contributed by atoms with Gasteiger partial charge in [-0.05, 0) is 54.8 Å². The van der Waals surface area contributed by atoms with Gasteiger partial charge in [-0.15, -0.1) is 0 Å². The van der Waals surface area contributed by atoms with Gasteiger partial charge >= 0.3 is 11.9 Å². The van der Waals surface area contributed by atoms with Crippen molar-refractivity contribution in [1.82, 2.24) is 20.1 Å². The number of allylic oxidation sites excluding steroid dienone is 1. The lowest BCUT2D eigenvalue weighted by Gasteiger charge is -2.46. The van der Waals surface area contributed by atoms with Gasteiger partial charge in [0.15, 0.2) is 11.5 Å². The van der Waals surface area contributed by atoms with Crippen molar-refractivity contribution in [2.45, 2.75) is 38.3 Å². The minimum Gasteiger partial charge on any atom is -0.466 e. The summed E-state index contributed by atoms with van der Waals surface area (Å²) in [5.41, 5.74) is 11.7. The number of nitrogens with two attached hydrogens (primary N) is 1. The number of methoxy groups -OCH3 is 1. The van der Waals surface area contributed by atoms with Gasteiger partial charge in [0.05, 0.1) is 62.3 Å². The number of para-hydroxylation sites is 1. The molecule has 57 heavy (non-hydrogen) atoms. The topological polar surface area (TPSA) is 175 Å². The second-order valence-corrected chi connectivity index (χ2v) is 14.3. The fourth-order valence-corrected chi connectivity index (χ4v) is 8.20. The number of aromatic amines is 1. The van der Waals surface area contributed by atoms with E-state index in [1.807, 2.05) is 36.4 Å². The smallest absolute Gasteiger partial charge is 0.336 e. The second-order valence-electron chi connectivity index (χ2n) is 13.9. The SMILES string of the molecule is CCOC(=O)C1=C(COCCN)NC(C)=C(C(=O)OC)C1c1ccccc1Cl.CN1CC(=O)N2[C@H](c3ccc4c(c3)OCO4)c3[nH]c4ccccc4c3C[C@@H]2C1=O. The van der Waals surface area contributed by atoms with Crippen LogP contribution in [0.25, 0.3) is 10.9 Å². The number of hydrogen-bond acceptors (Lipinski definition) is 11. The molecule has 3 atom stereocenters. The molecule has 1 fully saturated rings. The molecule has 4 aliphatic rings. The molecule has 14 nitrogen and oxygen atoms in total. The monoisotopic (exact) mass is 797 g/mol. The van der Waals surface area contributed by atoms with E-state index in [4.69, 9.17) is 41.0 Å². The van der Waals surface area contributed by atoms with Crippen molar-refractivity contribution in [3.63, 3.8) is 0 Å². The molecule has 0 bridgehead atoms. The summed E-state index contributed by atoms with van der Waals surface area (Å²) in [6.45, 7) is 4.69. The Hall–Kier alpha value is -5.83. The Morgan fingerprint density at radius 2 is 1.75 bits per heavy atom. The Kier molecular flexibility index (Phi) is 11.6. The van der Waals surface area contributed by atoms with E-state index in [0.29, 0.717) is 58.6 Å². The number of carbonyl (C=O) groups is 4. The maximum absolute atomic E-state index is 13.1. The summed E-state index contributed by atoms with van der Waals surface area (Å²) >= 11 is 6.42. The van der Waals surface area contributed by atoms with Crippen molar-refractivity contribution in [3.05, 3.63) is 117 Å². The summed E-state index contributed by atoms with van der Waals surface area (Å²) in [5.74, 6) is -0.582. The first kappa shape index (κ1) is 39.4. The number of aromatic nitrogens is 1. The van der Waals surface area contributed by atoms with Crippen LogP contribution in [-0.2, 0) is 39.8 Å². The van der Waals surface area contributed by atoms with Crippen LogP contribution in [0.3, 0.4) is 0 Å². The first-order valence-electron chi connectivity index (χ1n) is 18.6. The number of benzene rings is 3. The average molecular weight is 798 g/mol. The van der Waals surface area contributed by atoms with E-state index < -0.39 is 23.9 Å². The van der Waals surface area contributed by atoms with E-state index in [9.17, 15) is 19.2 Å². The first-order valence-corrected chi connectivity index (χ1v) is 19.0. The lowest BCUT2D eigenvalue weighted by molar-refractivity contribution is -0.157. The first-order chi connectivity index (χ1) is 27.6. The molecule has 15 heteroatoms. The van der Waals surface area contributed by atoms with Crippen molar-refractivity contribution >= 4 is 46.3 Å². The summed E-state index contributed by atoms with van der Waals surface area (Å²) in [6.07, 6.45) is 0.509. The number of fused-ring (bicyclic) bond motifs is 5. The van der Waals surface area contributed by atoms with Gasteiger partial charge in [-0.25, -0.2) is 9.59 Å². The minimum atomic E-state index is -0.752. The molecule has 1 unspecified atom stereocenters. The summed E-state index contributed by atoms with van der Waals surface area (Å²) in [4.78, 5) is 58.4. The predicted octanol–water partition coefficient (Wildman–Crippen LogP) is 4.48. The van der Waals surface area contributed by atoms with E-state index in [-0.39, 0.29) is 50.0 Å². The summed E-state index contributed by atoms with van der Waals surface area (Å²) < 4.78 is 26.8. The van der Waals surface area contributed by atoms with Crippen LogP contribution >= 0.6 is 11.6 Å². The fraction of sp³-hybridized carbons (Fsp3) is 0.333. The Bertz CT molecular complexity index is 2300. The van der Waals surface area contributed by atoms with Gasteiger partial charge < -0.3 is 49.5 Å². The number of nitrogens with zero attached hydrogens (tertiary/aromatic N) is 2. The van der Waals surface area contributed by atoms with Gasteiger partial charge in [0.25, 0.3) is 0 Å². The van der Waals surface area contributed by atoms with Crippen molar-refractivity contribution in [2.24, 2.45) is 5.73 Å². The highest BCUT2D eigenvalue weighted by Gasteiger charge is 2.47.